The molecule has 1 aliphatic carbocycles. The van der Waals surface area contributed by atoms with Crippen LogP contribution in [0.4, 0.5) is 10.2 Å². The summed E-state index contributed by atoms with van der Waals surface area (Å²) in [5.41, 5.74) is 6.30. The van der Waals surface area contributed by atoms with E-state index < -0.39 is 5.76 Å². The van der Waals surface area contributed by atoms with Crippen molar-refractivity contribution in [2.45, 2.75) is 50.1 Å². The summed E-state index contributed by atoms with van der Waals surface area (Å²) in [6, 6.07) is 14.7. The van der Waals surface area contributed by atoms with Crippen LogP contribution in [0, 0.1) is 5.82 Å². The van der Waals surface area contributed by atoms with Gasteiger partial charge in [-0.05, 0) is 66.5 Å². The smallest absolute Gasteiger partial charge is 0.434 e. The molecule has 4 aromatic heterocycles. The number of carbonyl (C=O) groups excluding carboxylic acids is 1. The first-order valence-electron chi connectivity index (χ1n) is 17.1. The Morgan fingerprint density at radius 1 is 1.10 bits per heavy atom. The van der Waals surface area contributed by atoms with Crippen LogP contribution in [0.5, 0.6) is 11.5 Å². The molecule has 6 aromatic rings. The highest BCUT2D eigenvalue weighted by Crippen LogP contribution is 2.51. The summed E-state index contributed by atoms with van der Waals surface area (Å²) < 4.78 is 32.2. The molecule has 3 aliphatic heterocycles. The van der Waals surface area contributed by atoms with Crippen LogP contribution in [-0.4, -0.2) is 51.2 Å². The maximum Gasteiger partial charge on any atom is 0.434 e. The van der Waals surface area contributed by atoms with E-state index >= 15 is 0 Å². The molecule has 2 N–H and O–H groups in total. The van der Waals surface area contributed by atoms with Crippen LogP contribution in [0.3, 0.4) is 0 Å². The number of aromatic nitrogens is 4. The van der Waals surface area contributed by atoms with Crippen molar-refractivity contribution >= 4 is 33.1 Å². The molecule has 1 saturated heterocycles. The second-order valence-electron chi connectivity index (χ2n) is 13.5. The highest BCUT2D eigenvalue weighted by atomic mass is 32.1. The number of nitrogens with one attached hydrogen (secondary N) is 2. The number of nitrogens with zero attached hydrogens (tertiary/aromatic N) is 4. The molecule has 51 heavy (non-hydrogen) atoms. The summed E-state index contributed by atoms with van der Waals surface area (Å²) in [5, 5.41) is 11.4. The number of hydrogen-bond donors (Lipinski definition) is 2. The summed E-state index contributed by atoms with van der Waals surface area (Å²) >= 11 is 1.53. The Kier molecular flexibility index (Phi) is 6.82. The molecule has 0 spiro atoms. The Morgan fingerprint density at radius 2 is 2.02 bits per heavy atom. The Bertz CT molecular complexity index is 2470. The van der Waals surface area contributed by atoms with Crippen molar-refractivity contribution in [2.75, 3.05) is 25.6 Å². The van der Waals surface area contributed by atoms with Crippen LogP contribution in [0.2, 0.25) is 0 Å². The van der Waals surface area contributed by atoms with Gasteiger partial charge in [-0.15, -0.1) is 16.4 Å². The van der Waals surface area contributed by atoms with Crippen molar-refractivity contribution in [1.29, 1.82) is 0 Å². The Hall–Kier alpha value is -5.56. The zero-order chi connectivity index (χ0) is 34.4. The molecule has 7 heterocycles. The summed E-state index contributed by atoms with van der Waals surface area (Å²) in [6.45, 7) is 0.986. The number of thiophene rings is 1. The number of rotatable bonds is 7. The van der Waals surface area contributed by atoms with Gasteiger partial charge in [-0.2, -0.15) is 0 Å². The van der Waals surface area contributed by atoms with Gasteiger partial charge in [0.25, 0.3) is 11.8 Å². The zero-order valence-electron chi connectivity index (χ0n) is 27.5. The van der Waals surface area contributed by atoms with Gasteiger partial charge in [0.15, 0.2) is 0 Å². The van der Waals surface area contributed by atoms with Crippen molar-refractivity contribution in [3.8, 4) is 33.4 Å². The van der Waals surface area contributed by atoms with E-state index in [9.17, 15) is 14.0 Å². The van der Waals surface area contributed by atoms with Crippen molar-refractivity contribution in [3.63, 3.8) is 0 Å². The number of amides is 1. The van der Waals surface area contributed by atoms with E-state index in [-0.39, 0.29) is 35.6 Å². The quantitative estimate of drug-likeness (QED) is 0.181. The van der Waals surface area contributed by atoms with Gasteiger partial charge in [-0.3, -0.25) is 9.78 Å². The van der Waals surface area contributed by atoms with Crippen molar-refractivity contribution in [3.05, 3.63) is 105 Å². The minimum absolute atomic E-state index is 0.0585. The number of anilines is 1. The first-order chi connectivity index (χ1) is 24.9. The average molecular weight is 703 g/mol. The van der Waals surface area contributed by atoms with Gasteiger partial charge in [-0.25, -0.2) is 19.3 Å². The molecular formula is C38H31FN6O5S. The Morgan fingerprint density at radius 3 is 2.88 bits per heavy atom. The van der Waals surface area contributed by atoms with Crippen LogP contribution in [0.25, 0.3) is 32.0 Å². The van der Waals surface area contributed by atoms with E-state index in [1.165, 1.54) is 34.6 Å². The van der Waals surface area contributed by atoms with Crippen LogP contribution >= 0.6 is 11.3 Å². The number of benzene rings is 2. The van der Waals surface area contributed by atoms with Gasteiger partial charge in [0.05, 0.1) is 53.0 Å². The fraction of sp³-hybridized carbons (Fsp3) is 0.289. The van der Waals surface area contributed by atoms with E-state index in [0.29, 0.717) is 47.7 Å². The van der Waals surface area contributed by atoms with Crippen molar-refractivity contribution < 1.29 is 23.1 Å². The van der Waals surface area contributed by atoms with Gasteiger partial charge in [-0.1, -0.05) is 18.2 Å². The molecule has 0 bridgehead atoms. The van der Waals surface area contributed by atoms with Crippen molar-refractivity contribution in [1.82, 2.24) is 25.1 Å². The lowest BCUT2D eigenvalue weighted by molar-refractivity contribution is 0.0776. The monoisotopic (exact) mass is 702 g/mol. The minimum Gasteiger partial charge on any atom is -0.496 e. The van der Waals surface area contributed by atoms with Gasteiger partial charge in [0, 0.05) is 47.2 Å². The zero-order valence-corrected chi connectivity index (χ0v) is 28.3. The number of carbonyl (C=O) groups is 1. The van der Waals surface area contributed by atoms with E-state index in [1.807, 2.05) is 23.1 Å². The summed E-state index contributed by atoms with van der Waals surface area (Å²) in [4.78, 5) is 39.4. The number of ether oxygens (including phenoxy) is 2. The first kappa shape index (κ1) is 30.3. The van der Waals surface area contributed by atoms with Gasteiger partial charge in [0.1, 0.15) is 23.1 Å². The van der Waals surface area contributed by atoms with Gasteiger partial charge < -0.3 is 24.1 Å². The molecule has 11 nitrogen and oxygen atoms in total. The van der Waals surface area contributed by atoms with Crippen LogP contribution in [-0.2, 0) is 12.8 Å². The highest BCUT2D eigenvalue weighted by molar-refractivity contribution is 7.23. The van der Waals surface area contributed by atoms with Crippen LogP contribution in [0.15, 0.2) is 63.9 Å². The maximum atomic E-state index is 14.3. The largest absolute Gasteiger partial charge is 0.496 e. The third-order valence-electron chi connectivity index (χ3n) is 10.7. The number of hydrogen-bond acceptors (Lipinski definition) is 10. The highest BCUT2D eigenvalue weighted by Gasteiger charge is 2.45. The predicted octanol–water partition coefficient (Wildman–Crippen LogP) is 6.96. The molecular weight excluding hydrogens is 672 g/mol. The van der Waals surface area contributed by atoms with Gasteiger partial charge >= 0.3 is 5.76 Å². The fourth-order valence-corrected chi connectivity index (χ4v) is 9.65. The third kappa shape index (κ3) is 4.70. The number of pyridine rings is 2. The number of H-pyrrole nitrogens is 1. The molecule has 0 saturated carbocycles. The van der Waals surface area contributed by atoms with Crippen LogP contribution < -0.4 is 20.5 Å². The van der Waals surface area contributed by atoms with E-state index in [2.05, 4.69) is 27.6 Å². The molecule has 0 unspecified atom stereocenters. The van der Waals surface area contributed by atoms with E-state index in [4.69, 9.17) is 23.9 Å². The summed E-state index contributed by atoms with van der Waals surface area (Å²) in [7, 11) is 1.70. The lowest BCUT2D eigenvalue weighted by atomic mass is 9.89. The third-order valence-corrected chi connectivity index (χ3v) is 11.9. The lowest BCUT2D eigenvalue weighted by Crippen LogP contribution is -2.22. The van der Waals surface area contributed by atoms with E-state index in [0.717, 1.165) is 63.5 Å². The maximum absolute atomic E-state index is 14.3. The molecule has 4 aliphatic rings. The topological polar surface area (TPSA) is 135 Å². The van der Waals surface area contributed by atoms with Gasteiger partial charge in [0.2, 0.25) is 0 Å². The number of fused-ring (bicyclic) bond motifs is 6. The minimum atomic E-state index is -0.708. The second kappa shape index (κ2) is 11.5. The first-order valence-corrected chi connectivity index (χ1v) is 17.9. The predicted molar refractivity (Wildman–Crippen MR) is 188 cm³/mol. The second-order valence-corrected chi connectivity index (χ2v) is 14.5. The Labute approximate surface area is 294 Å². The van der Waals surface area contributed by atoms with Crippen LogP contribution in [0.1, 0.15) is 75.7 Å². The summed E-state index contributed by atoms with van der Waals surface area (Å²) in [6.07, 6.45) is 5.71. The number of methoxy groups -OCH3 is 1. The molecule has 13 heteroatoms. The lowest BCUT2D eigenvalue weighted by Gasteiger charge is -2.18. The molecule has 2 aromatic carbocycles. The molecule has 1 fully saturated rings. The molecule has 256 valence electrons. The number of aromatic amines is 1. The molecule has 0 radical (unpaired) electrons. The normalized spacial score (nSPS) is 20.0. The Balaban J connectivity index is 1.15. The molecule has 3 atom stereocenters. The summed E-state index contributed by atoms with van der Waals surface area (Å²) in [5.74, 6) is 0.909. The average Bonchev–Trinajstić information content (AvgIpc) is 3.99. The molecule has 1 amide bonds. The standard InChI is InChI=1S/C38H31FN6O5S/c1-48-27-6-2-4-22-23(27)9-10-24(22)42-35-34-18(11-12-40-35)15-29(51-34)31-30(36-43-44-38(47)50-36)25(14-19-17-49-28-16-20(39)7-8-21(19)28)41-33-26-5-3-13-45(26)37(46)32(31)33/h2,4,6-8,11-12,15-16,19,24,26H,3,5,9-10,13-14,17H2,1H3,(H,40,42)(H,44,47)/t19-,24-,26-/m0/s1. The fourth-order valence-electron chi connectivity index (χ4n) is 8.48. The van der Waals surface area contributed by atoms with Crippen molar-refractivity contribution in [2.24, 2.45) is 0 Å². The van der Waals surface area contributed by atoms with E-state index in [1.54, 1.807) is 19.4 Å². The molecule has 10 rings (SSSR count). The SMILES string of the molecule is COc1cccc2c1CC[C@@H]2Nc1nccc2cc(-c3c4c(nc(C[C@H]5COc6cc(F)ccc65)c3-c3n[nH]c(=O)o3)[C@@H]3CCCN3C4=O)sc12. The number of halogens is 1.